The molecule has 2 heterocycles. The second kappa shape index (κ2) is 5.87. The molecular weight excluding hydrogens is 376 g/mol. The number of likely N-dealkylation sites (tertiary alicyclic amines) is 1. The van der Waals surface area contributed by atoms with E-state index in [0.717, 1.165) is 3.57 Å². The maximum atomic E-state index is 13.9. The molecule has 0 aliphatic carbocycles. The summed E-state index contributed by atoms with van der Waals surface area (Å²) in [7, 11) is 0. The first-order valence-electron chi connectivity index (χ1n) is 6.56. The lowest BCUT2D eigenvalue weighted by Crippen LogP contribution is -2.47. The molecule has 1 aromatic rings. The van der Waals surface area contributed by atoms with Crippen molar-refractivity contribution in [3.63, 3.8) is 0 Å². The summed E-state index contributed by atoms with van der Waals surface area (Å²) >= 11 is 2.16. The van der Waals surface area contributed by atoms with E-state index in [0.29, 0.717) is 13.0 Å². The fraction of sp³-hybridized carbons (Fsp3) is 0.692. The fourth-order valence-corrected chi connectivity index (χ4v) is 2.60. The highest BCUT2D eigenvalue weighted by molar-refractivity contribution is 14.1. The normalized spacial score (nSPS) is 23.8. The van der Waals surface area contributed by atoms with Gasteiger partial charge in [0.1, 0.15) is 11.8 Å². The number of halogens is 2. The van der Waals surface area contributed by atoms with Crippen LogP contribution in [0.3, 0.4) is 0 Å². The van der Waals surface area contributed by atoms with Crippen LogP contribution in [0.4, 0.5) is 9.18 Å². The number of rotatable bonds is 1. The summed E-state index contributed by atoms with van der Waals surface area (Å²) in [5.74, 6) is 0. The summed E-state index contributed by atoms with van der Waals surface area (Å²) < 4.78 is 21.9. The molecule has 1 aliphatic rings. The highest BCUT2D eigenvalue weighted by atomic mass is 127. The second-order valence-corrected chi connectivity index (χ2v) is 7.26. The number of piperidine rings is 1. The molecule has 7 heteroatoms. The number of hydrogen-bond donors (Lipinski definition) is 0. The SMILES string of the molecule is CC(C)(C)OC(=O)N1CC(F)CC(n2cc(I)cn2)C1. The average Bonchev–Trinajstić information content (AvgIpc) is 2.73. The number of ether oxygens (including phenoxy) is 1. The van der Waals surface area contributed by atoms with Crippen LogP contribution in [0, 0.1) is 3.57 Å². The number of amides is 1. The van der Waals surface area contributed by atoms with Crippen molar-refractivity contribution in [1.82, 2.24) is 14.7 Å². The number of aromatic nitrogens is 2. The molecule has 2 atom stereocenters. The van der Waals surface area contributed by atoms with E-state index in [1.54, 1.807) is 31.6 Å². The molecular formula is C13H19FIN3O2. The van der Waals surface area contributed by atoms with Crippen molar-refractivity contribution in [2.45, 2.75) is 45.0 Å². The molecule has 0 saturated carbocycles. The van der Waals surface area contributed by atoms with Crippen LogP contribution in [-0.2, 0) is 4.74 Å². The summed E-state index contributed by atoms with van der Waals surface area (Å²) in [6.07, 6.45) is 2.43. The number of hydrogen-bond acceptors (Lipinski definition) is 3. The van der Waals surface area contributed by atoms with E-state index >= 15 is 0 Å². The first-order valence-corrected chi connectivity index (χ1v) is 7.64. The van der Waals surface area contributed by atoms with Gasteiger partial charge in [-0.15, -0.1) is 0 Å². The van der Waals surface area contributed by atoms with Crippen molar-refractivity contribution < 1.29 is 13.9 Å². The third-order valence-corrected chi connectivity index (χ3v) is 3.53. The molecule has 1 aliphatic heterocycles. The number of nitrogens with zero attached hydrogens (tertiary/aromatic N) is 3. The van der Waals surface area contributed by atoms with Gasteiger partial charge in [0.15, 0.2) is 0 Å². The summed E-state index contributed by atoms with van der Waals surface area (Å²) in [4.78, 5) is 13.5. The minimum Gasteiger partial charge on any atom is -0.444 e. The molecule has 0 spiro atoms. The average molecular weight is 395 g/mol. The molecule has 0 radical (unpaired) electrons. The summed E-state index contributed by atoms with van der Waals surface area (Å²) in [5, 5.41) is 4.21. The van der Waals surface area contributed by atoms with Gasteiger partial charge in [-0.3, -0.25) is 4.68 Å². The van der Waals surface area contributed by atoms with E-state index in [4.69, 9.17) is 4.74 Å². The predicted octanol–water partition coefficient (Wildman–Crippen LogP) is 3.01. The molecule has 20 heavy (non-hydrogen) atoms. The van der Waals surface area contributed by atoms with Crippen LogP contribution < -0.4 is 0 Å². The minimum absolute atomic E-state index is 0.0871. The molecule has 1 saturated heterocycles. The van der Waals surface area contributed by atoms with Crippen molar-refractivity contribution >= 4 is 28.7 Å². The van der Waals surface area contributed by atoms with Crippen LogP contribution >= 0.6 is 22.6 Å². The Morgan fingerprint density at radius 2 is 2.20 bits per heavy atom. The zero-order valence-electron chi connectivity index (χ0n) is 11.8. The van der Waals surface area contributed by atoms with E-state index < -0.39 is 17.9 Å². The van der Waals surface area contributed by atoms with E-state index in [-0.39, 0.29) is 12.6 Å². The van der Waals surface area contributed by atoms with Gasteiger partial charge >= 0.3 is 6.09 Å². The highest BCUT2D eigenvalue weighted by Crippen LogP contribution is 2.25. The Balaban J connectivity index is 2.06. The van der Waals surface area contributed by atoms with Gasteiger partial charge in [0.05, 0.1) is 22.4 Å². The van der Waals surface area contributed by atoms with E-state index in [9.17, 15) is 9.18 Å². The van der Waals surface area contributed by atoms with Crippen molar-refractivity contribution in [2.75, 3.05) is 13.1 Å². The van der Waals surface area contributed by atoms with E-state index in [1.165, 1.54) is 4.90 Å². The maximum Gasteiger partial charge on any atom is 0.410 e. The number of carbonyl (C=O) groups is 1. The van der Waals surface area contributed by atoms with Crippen LogP contribution in [0.1, 0.15) is 33.2 Å². The molecule has 0 N–H and O–H groups in total. The fourth-order valence-electron chi connectivity index (χ4n) is 2.19. The lowest BCUT2D eigenvalue weighted by Gasteiger charge is -2.35. The van der Waals surface area contributed by atoms with Gasteiger partial charge in [0.25, 0.3) is 0 Å². The first kappa shape index (κ1) is 15.5. The monoisotopic (exact) mass is 395 g/mol. The molecule has 0 bridgehead atoms. The van der Waals surface area contributed by atoms with Crippen molar-refractivity contribution in [1.29, 1.82) is 0 Å². The topological polar surface area (TPSA) is 47.4 Å². The number of carbonyl (C=O) groups excluding carboxylic acids is 1. The minimum atomic E-state index is -1.05. The van der Waals surface area contributed by atoms with Gasteiger partial charge in [-0.1, -0.05) is 0 Å². The van der Waals surface area contributed by atoms with Crippen LogP contribution in [0.2, 0.25) is 0 Å². The third kappa shape index (κ3) is 4.07. The molecule has 1 aromatic heterocycles. The summed E-state index contributed by atoms with van der Waals surface area (Å²) in [6, 6.07) is -0.144. The third-order valence-electron chi connectivity index (χ3n) is 2.97. The van der Waals surface area contributed by atoms with Gasteiger partial charge in [-0.25, -0.2) is 9.18 Å². The van der Waals surface area contributed by atoms with E-state index in [2.05, 4.69) is 27.7 Å². The zero-order chi connectivity index (χ0) is 14.9. The smallest absolute Gasteiger partial charge is 0.410 e. The highest BCUT2D eigenvalue weighted by Gasteiger charge is 2.33. The Morgan fingerprint density at radius 3 is 2.75 bits per heavy atom. The van der Waals surface area contributed by atoms with Crippen molar-refractivity contribution in [2.24, 2.45) is 0 Å². The Bertz CT molecular complexity index is 486. The quantitative estimate of drug-likeness (QED) is 0.687. The Kier molecular flexibility index (Phi) is 4.55. The van der Waals surface area contributed by atoms with Gasteiger partial charge in [-0.05, 0) is 43.4 Å². The lowest BCUT2D eigenvalue weighted by molar-refractivity contribution is 0.00624. The molecule has 2 rings (SSSR count). The molecule has 1 amide bonds. The lowest BCUT2D eigenvalue weighted by atomic mass is 10.0. The summed E-state index contributed by atoms with van der Waals surface area (Å²) in [5.41, 5.74) is -0.573. The van der Waals surface area contributed by atoms with Gasteiger partial charge in [-0.2, -0.15) is 5.10 Å². The van der Waals surface area contributed by atoms with Crippen LogP contribution in [-0.4, -0.2) is 45.6 Å². The van der Waals surface area contributed by atoms with E-state index in [1.807, 2.05) is 6.20 Å². The largest absolute Gasteiger partial charge is 0.444 e. The second-order valence-electron chi connectivity index (χ2n) is 6.01. The Morgan fingerprint density at radius 1 is 1.50 bits per heavy atom. The standard InChI is InChI=1S/C13H19FIN3O2/c1-13(2,3)20-12(19)17-6-9(14)4-11(8-17)18-7-10(15)5-16-18/h5,7,9,11H,4,6,8H2,1-3H3. The molecule has 112 valence electrons. The van der Waals surface area contributed by atoms with Crippen molar-refractivity contribution in [3.05, 3.63) is 16.0 Å². The van der Waals surface area contributed by atoms with Crippen LogP contribution in [0.25, 0.3) is 0 Å². The zero-order valence-corrected chi connectivity index (χ0v) is 14.0. The number of alkyl halides is 1. The van der Waals surface area contributed by atoms with Gasteiger partial charge in [0.2, 0.25) is 0 Å². The van der Waals surface area contributed by atoms with Gasteiger partial charge in [0, 0.05) is 19.2 Å². The Hall–Kier alpha value is -0.860. The maximum absolute atomic E-state index is 13.9. The molecule has 5 nitrogen and oxygen atoms in total. The molecule has 1 fully saturated rings. The molecule has 2 unspecified atom stereocenters. The molecule has 0 aromatic carbocycles. The predicted molar refractivity (Wildman–Crippen MR) is 81.3 cm³/mol. The van der Waals surface area contributed by atoms with Crippen molar-refractivity contribution in [3.8, 4) is 0 Å². The van der Waals surface area contributed by atoms with Crippen LogP contribution in [0.15, 0.2) is 12.4 Å². The first-order chi connectivity index (χ1) is 9.24. The van der Waals surface area contributed by atoms with Gasteiger partial charge < -0.3 is 9.64 Å². The Labute approximate surface area is 131 Å². The van der Waals surface area contributed by atoms with Crippen LogP contribution in [0.5, 0.6) is 0 Å². The summed E-state index contributed by atoms with van der Waals surface area (Å²) in [6.45, 7) is 5.91.